The number of likely N-dealkylation sites (N-methyl/N-ethyl adjacent to an activating group) is 1. The Morgan fingerprint density at radius 2 is 1.70 bits per heavy atom. The Bertz CT molecular complexity index is 2890. The van der Waals surface area contributed by atoms with E-state index in [4.69, 9.17) is 16.3 Å². The van der Waals surface area contributed by atoms with Gasteiger partial charge in [-0.05, 0) is 120 Å². The predicted octanol–water partition coefficient (Wildman–Crippen LogP) is 8.99. The summed E-state index contributed by atoms with van der Waals surface area (Å²) in [6.07, 6.45) is 4.49. The van der Waals surface area contributed by atoms with E-state index in [1.165, 1.54) is 18.0 Å². The molecule has 1 aliphatic heterocycles. The first-order chi connectivity index (χ1) is 35.0. The Hall–Kier alpha value is -5.86. The molecule has 400 valence electrons. The average Bonchev–Trinajstić information content (AvgIpc) is 3.96. The number of thiazole rings is 1. The number of β-amino-alcohol motifs (C(OH)–C–C–N with tert-alkyl or cyclic N) is 1. The molecule has 1 fully saturated rings. The maximum absolute atomic E-state index is 13.8. The molecule has 0 saturated carbocycles. The summed E-state index contributed by atoms with van der Waals surface area (Å²) in [4.78, 5) is 58.1. The number of aryl methyl sites for hydroxylation is 2. The smallest absolute Gasteiger partial charge is 0.246 e. The third-order valence-electron chi connectivity index (χ3n) is 13.2. The Morgan fingerprint density at radius 1 is 0.959 bits per heavy atom. The molecule has 1 saturated heterocycles. The molecule has 74 heavy (non-hydrogen) atoms. The molecule has 0 aliphatic carbocycles. The van der Waals surface area contributed by atoms with Crippen molar-refractivity contribution < 1.29 is 32.6 Å². The van der Waals surface area contributed by atoms with E-state index >= 15 is 0 Å². The molecule has 1 aliphatic rings. The van der Waals surface area contributed by atoms with Gasteiger partial charge in [0.05, 0.1) is 63.1 Å². The van der Waals surface area contributed by atoms with Gasteiger partial charge in [-0.25, -0.2) is 18.4 Å². The van der Waals surface area contributed by atoms with E-state index in [0.29, 0.717) is 17.1 Å². The number of carbonyl (C=O) groups is 3. The summed E-state index contributed by atoms with van der Waals surface area (Å²) in [5.41, 5.74) is 8.28. The molecule has 5 aromatic rings. The van der Waals surface area contributed by atoms with Gasteiger partial charge in [0, 0.05) is 44.2 Å². The summed E-state index contributed by atoms with van der Waals surface area (Å²) in [5.74, 6) is 0.0297. The maximum Gasteiger partial charge on any atom is 0.246 e. The Balaban J connectivity index is 1.01. The van der Waals surface area contributed by atoms with Crippen molar-refractivity contribution in [3.8, 4) is 16.2 Å². The number of nitrogens with zero attached hydrogens (tertiary/aromatic N) is 5. The van der Waals surface area contributed by atoms with Crippen LogP contribution < -0.4 is 31.3 Å². The molecule has 20 heteroatoms. The molecular weight excluding hydrogens is 1000 g/mol. The lowest BCUT2D eigenvalue weighted by molar-refractivity contribution is -0.144. The van der Waals surface area contributed by atoms with Gasteiger partial charge in [-0.1, -0.05) is 63.1 Å². The van der Waals surface area contributed by atoms with Crippen molar-refractivity contribution in [1.82, 2.24) is 35.4 Å². The van der Waals surface area contributed by atoms with E-state index in [0.717, 1.165) is 83.8 Å². The summed E-state index contributed by atoms with van der Waals surface area (Å²) < 4.78 is 32.0. The van der Waals surface area contributed by atoms with Crippen molar-refractivity contribution in [2.24, 2.45) is 5.41 Å². The van der Waals surface area contributed by atoms with Crippen molar-refractivity contribution in [3.05, 3.63) is 93.7 Å². The number of carbonyl (C=O) groups excluding carboxylic acids is 3. The first kappa shape index (κ1) is 57.4. The van der Waals surface area contributed by atoms with Crippen LogP contribution in [0, 0.1) is 19.3 Å². The number of aromatic nitrogens is 3. The molecule has 6 N–H and O–H groups in total. The van der Waals surface area contributed by atoms with Crippen LogP contribution in [0.3, 0.4) is 0 Å². The number of ether oxygens (including phenoxy) is 1. The van der Waals surface area contributed by atoms with Gasteiger partial charge in [-0.3, -0.25) is 14.4 Å². The van der Waals surface area contributed by atoms with Gasteiger partial charge in [-0.2, -0.15) is 4.98 Å². The van der Waals surface area contributed by atoms with E-state index in [2.05, 4.69) is 72.5 Å². The van der Waals surface area contributed by atoms with Gasteiger partial charge >= 0.3 is 0 Å². The Morgan fingerprint density at radius 3 is 2.38 bits per heavy atom. The summed E-state index contributed by atoms with van der Waals surface area (Å²) in [6.45, 7) is 18.7. The first-order valence-corrected chi connectivity index (χ1v) is 27.9. The topological polar surface area (TPSA) is 220 Å². The van der Waals surface area contributed by atoms with Crippen LogP contribution in [0.4, 0.5) is 28.8 Å². The molecule has 0 radical (unpaired) electrons. The third kappa shape index (κ3) is 14.5. The first-order valence-electron chi connectivity index (χ1n) is 25.1. The highest BCUT2D eigenvalue weighted by Crippen LogP contribution is 2.37. The number of likely N-dealkylation sites (tertiary alicyclic amines) is 1. The van der Waals surface area contributed by atoms with Crippen LogP contribution in [0.25, 0.3) is 10.4 Å². The Kier molecular flexibility index (Phi) is 19.5. The number of rotatable bonds is 23. The number of hydrogen-bond acceptors (Lipinski definition) is 15. The highest BCUT2D eigenvalue weighted by atomic mass is 35.5. The number of para-hydroxylation sites is 1. The fourth-order valence-corrected chi connectivity index (χ4v) is 11.1. The van der Waals surface area contributed by atoms with E-state index in [-0.39, 0.29) is 46.5 Å². The summed E-state index contributed by atoms with van der Waals surface area (Å²) >= 11 is 8.07. The third-order valence-corrected chi connectivity index (χ3v) is 16.7. The van der Waals surface area contributed by atoms with Crippen LogP contribution in [0.15, 0.2) is 71.2 Å². The number of sulfone groups is 1. The molecule has 17 nitrogen and oxygen atoms in total. The second-order valence-corrected chi connectivity index (χ2v) is 24.2. The second-order valence-electron chi connectivity index (χ2n) is 20.4. The van der Waals surface area contributed by atoms with E-state index in [1.807, 2.05) is 58.3 Å². The fraction of sp³-hybridized carbons (Fsp3) is 0.481. The number of hydrogen-bond donors (Lipinski definition) is 6. The molecule has 0 spiro atoms. The van der Waals surface area contributed by atoms with Gasteiger partial charge in [0.2, 0.25) is 23.7 Å². The van der Waals surface area contributed by atoms with Crippen LogP contribution in [0.2, 0.25) is 5.02 Å². The van der Waals surface area contributed by atoms with Gasteiger partial charge in [-0.15, -0.1) is 11.3 Å². The zero-order valence-corrected chi connectivity index (χ0v) is 46.8. The number of aliphatic hydroxyl groups is 1. The van der Waals surface area contributed by atoms with Crippen molar-refractivity contribution in [3.63, 3.8) is 0 Å². The van der Waals surface area contributed by atoms with Gasteiger partial charge < -0.3 is 46.2 Å². The SMILES string of the molecule is COc1cc(CCN(C)CCCCCNc2cc([C@H](C)NC(=O)[C@@H]3C[C@@H](O)CN3C(=O)[C@@H](NC(C)=O)C(C)(C)C)ccc2-c2scnc2C)c(C)cc1Nc1ncc(Cl)c(Nc2ccccc2S(=O)(=O)C(C)C)n1. The predicted molar refractivity (Wildman–Crippen MR) is 296 cm³/mol. The van der Waals surface area contributed by atoms with Gasteiger partial charge in [0.15, 0.2) is 15.7 Å². The fourth-order valence-electron chi connectivity index (χ4n) is 8.88. The molecule has 6 rings (SSSR count). The summed E-state index contributed by atoms with van der Waals surface area (Å²) in [7, 11) is 0.168. The zero-order valence-electron chi connectivity index (χ0n) is 44.4. The minimum Gasteiger partial charge on any atom is -0.495 e. The number of nitrogens with one attached hydrogen (secondary N) is 5. The molecule has 4 atom stereocenters. The molecule has 3 amide bonds. The Labute approximate surface area is 445 Å². The van der Waals surface area contributed by atoms with Gasteiger partial charge in [0.1, 0.15) is 22.9 Å². The quantitative estimate of drug-likeness (QED) is 0.0337. The van der Waals surface area contributed by atoms with Crippen LogP contribution in [0.1, 0.15) is 103 Å². The molecule has 2 aromatic heterocycles. The lowest BCUT2D eigenvalue weighted by atomic mass is 9.85. The van der Waals surface area contributed by atoms with Crippen LogP contribution >= 0.6 is 22.9 Å². The number of methoxy groups -OCH3 is 1. The van der Waals surface area contributed by atoms with Crippen molar-refractivity contribution in [1.29, 1.82) is 0 Å². The normalized spacial score (nSPS) is 15.7. The number of anilines is 5. The van der Waals surface area contributed by atoms with E-state index < -0.39 is 50.6 Å². The molecule has 3 aromatic carbocycles. The van der Waals surface area contributed by atoms with Crippen LogP contribution in [0.5, 0.6) is 5.75 Å². The zero-order chi connectivity index (χ0) is 54.1. The summed E-state index contributed by atoms with van der Waals surface area (Å²) in [6, 6.07) is 14.7. The monoisotopic (exact) mass is 1070 g/mol. The number of benzene rings is 3. The minimum absolute atomic E-state index is 0.00902. The number of halogens is 1. The molecule has 0 unspecified atom stereocenters. The van der Waals surface area contributed by atoms with Crippen molar-refractivity contribution in [2.45, 2.75) is 129 Å². The van der Waals surface area contributed by atoms with Gasteiger partial charge in [0.25, 0.3) is 0 Å². The van der Waals surface area contributed by atoms with Crippen molar-refractivity contribution in [2.75, 3.05) is 56.3 Å². The highest BCUT2D eigenvalue weighted by Gasteiger charge is 2.44. The van der Waals surface area contributed by atoms with Crippen LogP contribution in [-0.4, -0.2) is 120 Å². The lowest BCUT2D eigenvalue weighted by Gasteiger charge is -2.35. The number of unbranched alkanes of at least 4 members (excludes halogenated alkanes) is 2. The highest BCUT2D eigenvalue weighted by molar-refractivity contribution is 7.92. The average molecular weight is 1070 g/mol. The number of amides is 3. The van der Waals surface area contributed by atoms with Crippen LogP contribution in [-0.2, 0) is 30.6 Å². The minimum atomic E-state index is -3.58. The van der Waals surface area contributed by atoms with Crippen molar-refractivity contribution >= 4 is 79.3 Å². The summed E-state index contributed by atoms with van der Waals surface area (Å²) in [5, 5.41) is 26.1. The van der Waals surface area contributed by atoms with E-state index in [1.54, 1.807) is 56.6 Å². The largest absolute Gasteiger partial charge is 0.495 e. The molecule has 0 bridgehead atoms. The second kappa shape index (κ2) is 25.1. The lowest BCUT2D eigenvalue weighted by Crippen LogP contribution is -2.57. The van der Waals surface area contributed by atoms with E-state index in [9.17, 15) is 27.9 Å². The maximum atomic E-state index is 13.8. The number of aliphatic hydroxyl groups excluding tert-OH is 1. The standard InChI is InChI=1S/C54H73ClN10O7S2/c1-32(2)74(70,71)47-18-14-13-17-42(47)61-50-41(55)29-57-53(63-50)62-44-25-33(3)37(27-46(44)72-11)21-24-64(10)23-16-12-15-22-56-43-26-38(19-20-40(43)48-35(5)58-31-73-48)34(4)59-51(68)45-28-39(67)30-65(45)52(69)49(54(7,8)9)60-36(6)66/h13-14,17-20,25-27,29,31-32,34,39,45,49,56,67H,12,15-16,21-24,28,30H2,1-11H3,(H,59,68)(H,60,66)(H2,57,61,62,63)/t34-,39+,45-,49+/m0/s1. The molecule has 3 heterocycles. The molecular formula is C54H73ClN10O7S2.